The molecule has 1 atom stereocenters. The minimum Gasteiger partial charge on any atom is -0.357 e. The molecular weight excluding hydrogens is 316 g/mol. The largest absolute Gasteiger partial charge is 0.357 e. The lowest BCUT2D eigenvalue weighted by Gasteiger charge is -2.14. The highest BCUT2D eigenvalue weighted by atomic mass is 16.2. The Morgan fingerprint density at radius 3 is 2.64 bits per heavy atom. The van der Waals surface area contributed by atoms with Gasteiger partial charge in [0, 0.05) is 44.3 Å². The fraction of sp³-hybridized carbons (Fsp3) is 0.722. The Morgan fingerprint density at radius 2 is 2.04 bits per heavy atom. The standard InChI is InChI=1S/C18H32N6O/c1-5-19-18(21-9-8-20-17(25)16-6-7-16)22-11-13(2)12-24-15(4)10-14(3)23-24/h10,13,16H,5-9,11-12H2,1-4H3,(H,20,25)(H2,19,21,22). The van der Waals surface area contributed by atoms with E-state index in [0.717, 1.165) is 44.1 Å². The molecular formula is C18H32N6O. The molecule has 140 valence electrons. The highest BCUT2D eigenvalue weighted by Gasteiger charge is 2.28. The van der Waals surface area contributed by atoms with Crippen LogP contribution in [0.15, 0.2) is 11.1 Å². The molecule has 0 aliphatic heterocycles. The zero-order valence-electron chi connectivity index (χ0n) is 15.9. The molecule has 1 amide bonds. The van der Waals surface area contributed by atoms with Crippen molar-refractivity contribution in [3.05, 3.63) is 17.5 Å². The van der Waals surface area contributed by atoms with Crippen molar-refractivity contribution in [2.45, 2.75) is 47.1 Å². The highest BCUT2D eigenvalue weighted by Crippen LogP contribution is 2.28. The summed E-state index contributed by atoms with van der Waals surface area (Å²) in [5.74, 6) is 1.63. The van der Waals surface area contributed by atoms with Crippen molar-refractivity contribution in [1.29, 1.82) is 0 Å². The van der Waals surface area contributed by atoms with Crippen LogP contribution in [0.3, 0.4) is 0 Å². The predicted octanol–water partition coefficient (Wildman–Crippen LogP) is 1.22. The Hall–Kier alpha value is -2.05. The quantitative estimate of drug-likeness (QED) is 0.356. The lowest BCUT2D eigenvalue weighted by molar-refractivity contribution is -0.122. The Balaban J connectivity index is 1.73. The molecule has 0 saturated heterocycles. The Bertz CT molecular complexity index is 590. The predicted molar refractivity (Wildman–Crippen MR) is 101 cm³/mol. The third-order valence-electron chi connectivity index (χ3n) is 4.16. The average molecular weight is 348 g/mol. The number of aryl methyl sites for hydroxylation is 2. The van der Waals surface area contributed by atoms with Crippen LogP contribution in [0, 0.1) is 25.7 Å². The molecule has 2 rings (SSSR count). The van der Waals surface area contributed by atoms with Gasteiger partial charge in [-0.2, -0.15) is 5.10 Å². The summed E-state index contributed by atoms with van der Waals surface area (Å²) >= 11 is 0. The van der Waals surface area contributed by atoms with Crippen LogP contribution in [0.2, 0.25) is 0 Å². The molecule has 25 heavy (non-hydrogen) atoms. The number of aromatic nitrogens is 2. The minimum atomic E-state index is 0.183. The monoisotopic (exact) mass is 348 g/mol. The van der Waals surface area contributed by atoms with Gasteiger partial charge in [-0.25, -0.2) is 0 Å². The maximum atomic E-state index is 11.6. The van der Waals surface area contributed by atoms with E-state index in [1.807, 2.05) is 18.5 Å². The van der Waals surface area contributed by atoms with Crippen LogP contribution in [0.5, 0.6) is 0 Å². The van der Waals surface area contributed by atoms with E-state index in [9.17, 15) is 4.79 Å². The minimum absolute atomic E-state index is 0.183. The smallest absolute Gasteiger partial charge is 0.223 e. The summed E-state index contributed by atoms with van der Waals surface area (Å²) < 4.78 is 2.04. The first-order valence-electron chi connectivity index (χ1n) is 9.30. The molecule has 0 aromatic carbocycles. The molecule has 1 aliphatic rings. The molecule has 1 aliphatic carbocycles. The lowest BCUT2D eigenvalue weighted by atomic mass is 10.2. The Labute approximate surface area is 150 Å². The molecule has 7 heteroatoms. The number of hydrogen-bond donors (Lipinski definition) is 3. The first-order valence-corrected chi connectivity index (χ1v) is 9.30. The summed E-state index contributed by atoms with van der Waals surface area (Å²) in [5, 5.41) is 14.0. The SMILES string of the molecule is CCNC(=NCC(C)Cn1nc(C)cc1C)NCCNC(=O)C1CC1. The van der Waals surface area contributed by atoms with Crippen LogP contribution in [0.4, 0.5) is 0 Å². The van der Waals surface area contributed by atoms with Gasteiger partial charge >= 0.3 is 0 Å². The molecule has 0 radical (unpaired) electrons. The molecule has 1 heterocycles. The third-order valence-corrected chi connectivity index (χ3v) is 4.16. The van der Waals surface area contributed by atoms with Crippen molar-refractivity contribution in [2.75, 3.05) is 26.2 Å². The number of rotatable bonds is 9. The van der Waals surface area contributed by atoms with Crippen molar-refractivity contribution < 1.29 is 4.79 Å². The number of amides is 1. The second-order valence-corrected chi connectivity index (χ2v) is 6.93. The van der Waals surface area contributed by atoms with E-state index >= 15 is 0 Å². The molecule has 1 fully saturated rings. The van der Waals surface area contributed by atoms with E-state index in [2.05, 4.69) is 46.0 Å². The molecule has 1 aromatic rings. The zero-order valence-corrected chi connectivity index (χ0v) is 15.9. The molecule has 1 saturated carbocycles. The maximum absolute atomic E-state index is 11.6. The second kappa shape index (κ2) is 9.44. The van der Waals surface area contributed by atoms with Gasteiger partial charge in [-0.3, -0.25) is 14.5 Å². The number of carbonyl (C=O) groups excluding carboxylic acids is 1. The topological polar surface area (TPSA) is 83.3 Å². The maximum Gasteiger partial charge on any atom is 0.223 e. The fourth-order valence-corrected chi connectivity index (χ4v) is 2.66. The summed E-state index contributed by atoms with van der Waals surface area (Å²) in [5.41, 5.74) is 2.24. The summed E-state index contributed by atoms with van der Waals surface area (Å²) in [6.45, 7) is 12.0. The number of nitrogens with one attached hydrogen (secondary N) is 3. The van der Waals surface area contributed by atoms with Crippen molar-refractivity contribution in [3.63, 3.8) is 0 Å². The van der Waals surface area contributed by atoms with Crippen molar-refractivity contribution in [3.8, 4) is 0 Å². The molecule has 7 nitrogen and oxygen atoms in total. The zero-order chi connectivity index (χ0) is 18.2. The lowest BCUT2D eigenvalue weighted by Crippen LogP contribution is -2.42. The van der Waals surface area contributed by atoms with E-state index < -0.39 is 0 Å². The Kier molecular flexibility index (Phi) is 7.28. The van der Waals surface area contributed by atoms with E-state index in [-0.39, 0.29) is 11.8 Å². The van der Waals surface area contributed by atoms with E-state index in [1.165, 1.54) is 5.69 Å². The van der Waals surface area contributed by atoms with Gasteiger partial charge in [0.15, 0.2) is 5.96 Å². The summed E-state index contributed by atoms with van der Waals surface area (Å²) in [7, 11) is 0. The van der Waals surface area contributed by atoms with E-state index in [4.69, 9.17) is 0 Å². The fourth-order valence-electron chi connectivity index (χ4n) is 2.66. The normalized spacial score (nSPS) is 15.8. The van der Waals surface area contributed by atoms with Gasteiger partial charge < -0.3 is 16.0 Å². The third kappa shape index (κ3) is 6.76. The van der Waals surface area contributed by atoms with E-state index in [1.54, 1.807) is 0 Å². The highest BCUT2D eigenvalue weighted by molar-refractivity contribution is 5.81. The summed E-state index contributed by atoms with van der Waals surface area (Å²) in [4.78, 5) is 16.3. The average Bonchev–Trinajstić information content (AvgIpc) is 3.35. The molecule has 1 unspecified atom stereocenters. The first-order chi connectivity index (χ1) is 12.0. The van der Waals surface area contributed by atoms with Gasteiger partial charge in [-0.15, -0.1) is 0 Å². The second-order valence-electron chi connectivity index (χ2n) is 6.93. The van der Waals surface area contributed by atoms with Crippen molar-refractivity contribution >= 4 is 11.9 Å². The number of carbonyl (C=O) groups is 1. The van der Waals surface area contributed by atoms with Crippen molar-refractivity contribution in [1.82, 2.24) is 25.7 Å². The van der Waals surface area contributed by atoms with Crippen LogP contribution in [-0.2, 0) is 11.3 Å². The van der Waals surface area contributed by atoms with Crippen LogP contribution >= 0.6 is 0 Å². The summed E-state index contributed by atoms with van der Waals surface area (Å²) in [6, 6.07) is 2.09. The van der Waals surface area contributed by atoms with Gasteiger partial charge in [-0.05, 0) is 45.6 Å². The number of guanidine groups is 1. The van der Waals surface area contributed by atoms with Crippen molar-refractivity contribution in [2.24, 2.45) is 16.8 Å². The Morgan fingerprint density at radius 1 is 1.32 bits per heavy atom. The van der Waals surface area contributed by atoms with Crippen LogP contribution < -0.4 is 16.0 Å². The van der Waals surface area contributed by atoms with Crippen LogP contribution in [0.25, 0.3) is 0 Å². The number of nitrogens with zero attached hydrogens (tertiary/aromatic N) is 3. The van der Waals surface area contributed by atoms with Gasteiger partial charge in [0.2, 0.25) is 5.91 Å². The molecule has 0 bridgehead atoms. The molecule has 1 aromatic heterocycles. The van der Waals surface area contributed by atoms with Gasteiger partial charge in [0.1, 0.15) is 0 Å². The molecule has 0 spiro atoms. The first kappa shape index (κ1) is 19.3. The summed E-state index contributed by atoms with van der Waals surface area (Å²) in [6.07, 6.45) is 2.08. The number of hydrogen-bond acceptors (Lipinski definition) is 3. The van der Waals surface area contributed by atoms with E-state index in [0.29, 0.717) is 19.0 Å². The molecule has 3 N–H and O–H groups in total. The van der Waals surface area contributed by atoms with Gasteiger partial charge in [0.25, 0.3) is 0 Å². The van der Waals surface area contributed by atoms with Crippen LogP contribution in [0.1, 0.15) is 38.1 Å². The number of aliphatic imine (C=N–C) groups is 1. The van der Waals surface area contributed by atoms with Gasteiger partial charge in [0.05, 0.1) is 5.69 Å². The van der Waals surface area contributed by atoms with Gasteiger partial charge in [-0.1, -0.05) is 6.92 Å². The van der Waals surface area contributed by atoms with Crippen LogP contribution in [-0.4, -0.2) is 47.8 Å².